The summed E-state index contributed by atoms with van der Waals surface area (Å²) in [5, 5.41) is 13.4. The van der Waals surface area contributed by atoms with Crippen LogP contribution in [0.3, 0.4) is 0 Å². The smallest absolute Gasteiger partial charge is 0.295 e. The monoisotopic (exact) mass is 394 g/mol. The maximum Gasteiger partial charge on any atom is 0.295 e. The number of nitrogens with one attached hydrogen (secondary N) is 1. The number of Topliss-reactive ketones (excluding diaryl/α,β-unsaturated/α-hetero) is 1. The first-order chi connectivity index (χ1) is 13.8. The number of methoxy groups -OCH3 is 1. The van der Waals surface area contributed by atoms with Crippen molar-refractivity contribution in [2.45, 2.75) is 13.0 Å². The Morgan fingerprint density at radius 2 is 1.83 bits per heavy atom. The molecule has 1 aliphatic rings. The van der Waals surface area contributed by atoms with E-state index in [0.717, 1.165) is 10.5 Å². The van der Waals surface area contributed by atoms with Gasteiger partial charge < -0.3 is 19.6 Å². The van der Waals surface area contributed by atoms with Crippen molar-refractivity contribution in [3.05, 3.63) is 70.8 Å². The van der Waals surface area contributed by atoms with Gasteiger partial charge in [0.25, 0.3) is 5.91 Å². The van der Waals surface area contributed by atoms with Crippen molar-refractivity contribution in [3.8, 4) is 5.75 Å². The number of carbonyl (C=O) groups excluding carboxylic acids is 2. The molecule has 152 valence electrons. The second kappa shape index (κ2) is 8.49. The van der Waals surface area contributed by atoms with Crippen molar-refractivity contribution in [2.24, 2.45) is 0 Å². The maximum atomic E-state index is 13.4. The molecule has 1 atom stereocenters. The van der Waals surface area contributed by atoms with Crippen molar-refractivity contribution < 1.29 is 24.3 Å². The van der Waals surface area contributed by atoms with Gasteiger partial charge >= 0.3 is 0 Å². The summed E-state index contributed by atoms with van der Waals surface area (Å²) in [6.07, 6.45) is 0. The summed E-state index contributed by atoms with van der Waals surface area (Å²) in [5.74, 6) is -1.10. The van der Waals surface area contributed by atoms with E-state index in [4.69, 9.17) is 4.74 Å². The van der Waals surface area contributed by atoms with Crippen molar-refractivity contribution >= 4 is 17.4 Å². The first-order valence-electron chi connectivity index (χ1n) is 9.60. The largest absolute Gasteiger partial charge is 0.872 e. The van der Waals surface area contributed by atoms with Crippen LogP contribution in [-0.4, -0.2) is 50.9 Å². The lowest BCUT2D eigenvalue weighted by atomic mass is 9.94. The Bertz CT molecular complexity index is 951. The highest BCUT2D eigenvalue weighted by Gasteiger charge is 2.44. The normalized spacial score (nSPS) is 18.5. The average Bonchev–Trinajstić information content (AvgIpc) is 2.97. The number of rotatable bonds is 6. The minimum atomic E-state index is -0.715. The maximum absolute atomic E-state index is 13.4. The third-order valence-electron chi connectivity index (χ3n) is 5.18. The van der Waals surface area contributed by atoms with Gasteiger partial charge in [0.1, 0.15) is 5.75 Å². The van der Waals surface area contributed by atoms with E-state index in [1.165, 1.54) is 4.90 Å². The van der Waals surface area contributed by atoms with Crippen LogP contribution in [0.2, 0.25) is 0 Å². The number of hydrogen-bond donors (Lipinski definition) is 1. The molecule has 1 N–H and O–H groups in total. The van der Waals surface area contributed by atoms with Gasteiger partial charge in [0.2, 0.25) is 5.78 Å². The van der Waals surface area contributed by atoms with E-state index in [9.17, 15) is 14.7 Å². The van der Waals surface area contributed by atoms with E-state index >= 15 is 0 Å². The van der Waals surface area contributed by atoms with Gasteiger partial charge in [-0.2, -0.15) is 0 Å². The van der Waals surface area contributed by atoms with Gasteiger partial charge in [-0.1, -0.05) is 42.2 Å². The van der Waals surface area contributed by atoms with Crippen LogP contribution in [0.15, 0.2) is 54.1 Å². The van der Waals surface area contributed by atoms with Crippen LogP contribution in [-0.2, 0) is 9.59 Å². The zero-order chi connectivity index (χ0) is 21.1. The Morgan fingerprint density at radius 1 is 1.14 bits per heavy atom. The molecule has 1 amide bonds. The molecule has 1 unspecified atom stereocenters. The van der Waals surface area contributed by atoms with Crippen LogP contribution in [0, 0.1) is 6.92 Å². The van der Waals surface area contributed by atoms with Gasteiger partial charge in [-0.3, -0.25) is 9.59 Å². The molecule has 0 aliphatic carbocycles. The van der Waals surface area contributed by atoms with Gasteiger partial charge in [-0.15, -0.1) is 0 Å². The number of benzene rings is 2. The lowest BCUT2D eigenvalue weighted by Gasteiger charge is -2.28. The quantitative estimate of drug-likeness (QED) is 0.437. The van der Waals surface area contributed by atoms with E-state index in [1.807, 2.05) is 44.4 Å². The molecule has 3 rings (SSSR count). The van der Waals surface area contributed by atoms with Crippen molar-refractivity contribution in [2.75, 3.05) is 34.3 Å². The SMILES string of the molecule is COc1ccc(/C([O-])=C2\C(=O)C(=O)N(CC[NH+](C)C)C2c2ccccc2)c(C)c1. The molecule has 0 bridgehead atoms. The predicted molar refractivity (Wildman–Crippen MR) is 108 cm³/mol. The molecule has 29 heavy (non-hydrogen) atoms. The highest BCUT2D eigenvalue weighted by molar-refractivity contribution is 6.46. The summed E-state index contributed by atoms with van der Waals surface area (Å²) in [6.45, 7) is 2.86. The summed E-state index contributed by atoms with van der Waals surface area (Å²) in [6, 6.07) is 13.7. The highest BCUT2D eigenvalue weighted by atomic mass is 16.5. The van der Waals surface area contributed by atoms with Crippen LogP contribution < -0.4 is 14.7 Å². The molecule has 1 saturated heterocycles. The Kier molecular flexibility index (Phi) is 6.03. The summed E-state index contributed by atoms with van der Waals surface area (Å²) in [4.78, 5) is 28.4. The second-order valence-electron chi connectivity index (χ2n) is 7.52. The standard InChI is InChI=1S/C23H26N2O4/c1-15-14-17(29-4)10-11-18(15)21(26)19-20(16-8-6-5-7-9-16)25(13-12-24(2)3)23(28)22(19)27/h5-11,14,20,26H,12-13H2,1-4H3/b21-19+. The number of nitrogens with zero attached hydrogens (tertiary/aromatic N) is 1. The van der Waals surface area contributed by atoms with Crippen LogP contribution in [0.25, 0.3) is 5.76 Å². The first kappa shape index (κ1) is 20.6. The number of likely N-dealkylation sites (tertiary alicyclic amines) is 1. The summed E-state index contributed by atoms with van der Waals surface area (Å²) >= 11 is 0. The van der Waals surface area contributed by atoms with Crippen LogP contribution >= 0.6 is 0 Å². The van der Waals surface area contributed by atoms with E-state index in [-0.39, 0.29) is 5.57 Å². The zero-order valence-corrected chi connectivity index (χ0v) is 17.2. The van der Waals surface area contributed by atoms with Gasteiger partial charge in [0.05, 0.1) is 40.3 Å². The molecule has 0 aromatic heterocycles. The van der Waals surface area contributed by atoms with E-state index in [2.05, 4.69) is 0 Å². The van der Waals surface area contributed by atoms with Gasteiger partial charge in [0, 0.05) is 5.57 Å². The van der Waals surface area contributed by atoms with Crippen molar-refractivity contribution in [1.29, 1.82) is 0 Å². The molecule has 1 aliphatic heterocycles. The van der Waals surface area contributed by atoms with Crippen molar-refractivity contribution in [3.63, 3.8) is 0 Å². The Morgan fingerprint density at radius 3 is 2.41 bits per heavy atom. The number of ketones is 1. The minimum Gasteiger partial charge on any atom is -0.872 e. The van der Waals surface area contributed by atoms with Crippen LogP contribution in [0.1, 0.15) is 22.7 Å². The fourth-order valence-electron chi connectivity index (χ4n) is 3.59. The zero-order valence-electron chi connectivity index (χ0n) is 17.2. The second-order valence-corrected chi connectivity index (χ2v) is 7.52. The molecule has 6 nitrogen and oxygen atoms in total. The number of amides is 1. The summed E-state index contributed by atoms with van der Waals surface area (Å²) in [5.41, 5.74) is 1.88. The molecule has 2 aromatic rings. The summed E-state index contributed by atoms with van der Waals surface area (Å²) in [7, 11) is 5.52. The van der Waals surface area contributed by atoms with Crippen molar-refractivity contribution in [1.82, 2.24) is 4.90 Å². The number of carbonyl (C=O) groups is 2. The van der Waals surface area contributed by atoms with Gasteiger partial charge in [0.15, 0.2) is 0 Å². The van der Waals surface area contributed by atoms with Gasteiger partial charge in [-0.25, -0.2) is 0 Å². The van der Waals surface area contributed by atoms with Gasteiger partial charge in [-0.05, 0) is 35.7 Å². The fourth-order valence-corrected chi connectivity index (χ4v) is 3.59. The first-order valence-corrected chi connectivity index (χ1v) is 9.60. The number of hydrogen-bond acceptors (Lipinski definition) is 4. The lowest BCUT2D eigenvalue weighted by Crippen LogP contribution is -3.06. The molecule has 0 spiro atoms. The van der Waals surface area contributed by atoms with Crippen LogP contribution in [0.4, 0.5) is 0 Å². The lowest BCUT2D eigenvalue weighted by molar-refractivity contribution is -0.857. The molecule has 2 aromatic carbocycles. The number of aryl methyl sites for hydroxylation is 1. The predicted octanol–water partition coefficient (Wildman–Crippen LogP) is 0.372. The number of ether oxygens (including phenoxy) is 1. The minimum absolute atomic E-state index is 0.0169. The van der Waals surface area contributed by atoms with E-state index in [1.54, 1.807) is 32.2 Å². The number of likely N-dealkylation sites (N-methyl/N-ethyl adjacent to an activating group) is 1. The molecule has 1 heterocycles. The Balaban J connectivity index is 2.15. The van der Waals surface area contributed by atoms with E-state index < -0.39 is 23.5 Å². The van der Waals surface area contributed by atoms with Crippen LogP contribution in [0.5, 0.6) is 5.75 Å². The summed E-state index contributed by atoms with van der Waals surface area (Å²) < 4.78 is 5.21. The third-order valence-corrected chi connectivity index (χ3v) is 5.18. The average molecular weight is 394 g/mol. The third kappa shape index (κ3) is 4.03. The topological polar surface area (TPSA) is 74.1 Å². The molecule has 0 radical (unpaired) electrons. The Labute approximate surface area is 171 Å². The molecule has 0 saturated carbocycles. The van der Waals surface area contributed by atoms with E-state index in [0.29, 0.717) is 30.0 Å². The molecular formula is C23H26N2O4. The molecule has 6 heteroatoms. The Hall–Kier alpha value is -3.12. The molecular weight excluding hydrogens is 368 g/mol. The highest BCUT2D eigenvalue weighted by Crippen LogP contribution is 2.38. The fraction of sp³-hybridized carbons (Fsp3) is 0.304. The molecule has 1 fully saturated rings. The number of quaternary nitrogens is 1.